The van der Waals surface area contributed by atoms with Crippen LogP contribution in [-0.2, 0) is 6.54 Å². The van der Waals surface area contributed by atoms with Gasteiger partial charge in [-0.25, -0.2) is 18.9 Å². The molecule has 0 unspecified atom stereocenters. The van der Waals surface area contributed by atoms with Crippen molar-refractivity contribution in [3.8, 4) is 11.6 Å². The average Bonchev–Trinajstić information content (AvgIpc) is 3.18. The lowest BCUT2D eigenvalue weighted by molar-refractivity contribution is 0.115. The Bertz CT molecular complexity index is 1220. The maximum atomic E-state index is 14.2. The molecule has 1 N–H and O–H groups in total. The summed E-state index contributed by atoms with van der Waals surface area (Å²) in [6.07, 6.45) is 8.73. The topological polar surface area (TPSA) is 76.8 Å². The number of ether oxygens (including phenoxy) is 2. The van der Waals surface area contributed by atoms with Crippen LogP contribution in [0.1, 0.15) is 43.7 Å². The highest BCUT2D eigenvalue weighted by atomic mass is 19.1. The number of aromatic nitrogens is 4. The fourth-order valence-electron chi connectivity index (χ4n) is 4.80. The van der Waals surface area contributed by atoms with Crippen molar-refractivity contribution in [3.05, 3.63) is 48.2 Å². The molecular weight excluding hydrogens is 411 g/mol. The molecule has 1 saturated carbocycles. The lowest BCUT2D eigenvalue weighted by Gasteiger charge is -2.43. The van der Waals surface area contributed by atoms with Crippen LogP contribution >= 0.6 is 0 Å². The Morgan fingerprint density at radius 2 is 2.19 bits per heavy atom. The third-order valence-corrected chi connectivity index (χ3v) is 6.83. The van der Waals surface area contributed by atoms with Gasteiger partial charge in [0.15, 0.2) is 17.2 Å². The highest BCUT2D eigenvalue weighted by molar-refractivity contribution is 5.75. The minimum atomic E-state index is -0.385. The summed E-state index contributed by atoms with van der Waals surface area (Å²) in [7, 11) is 0. The van der Waals surface area contributed by atoms with Gasteiger partial charge in [-0.05, 0) is 31.7 Å². The van der Waals surface area contributed by atoms with E-state index < -0.39 is 0 Å². The summed E-state index contributed by atoms with van der Waals surface area (Å²) >= 11 is 0. The van der Waals surface area contributed by atoms with Gasteiger partial charge in [-0.15, -0.1) is 0 Å². The van der Waals surface area contributed by atoms with Crippen molar-refractivity contribution in [1.29, 1.82) is 0 Å². The van der Waals surface area contributed by atoms with Crippen molar-refractivity contribution in [1.82, 2.24) is 24.9 Å². The van der Waals surface area contributed by atoms with Gasteiger partial charge >= 0.3 is 0 Å². The zero-order valence-corrected chi connectivity index (χ0v) is 18.0. The molecule has 0 radical (unpaired) electrons. The van der Waals surface area contributed by atoms with E-state index in [2.05, 4.69) is 33.8 Å². The molecule has 166 valence electrons. The monoisotopic (exact) mass is 436 g/mol. The predicted octanol–water partition coefficient (Wildman–Crippen LogP) is 3.32. The van der Waals surface area contributed by atoms with E-state index in [0.29, 0.717) is 48.4 Å². The van der Waals surface area contributed by atoms with Gasteiger partial charge in [0.05, 0.1) is 42.3 Å². The second kappa shape index (κ2) is 7.08. The van der Waals surface area contributed by atoms with E-state index in [1.165, 1.54) is 12.3 Å². The van der Waals surface area contributed by atoms with E-state index in [1.54, 1.807) is 10.7 Å². The first kappa shape index (κ1) is 19.3. The van der Waals surface area contributed by atoms with E-state index >= 15 is 0 Å². The molecule has 1 spiro atoms. The molecule has 0 saturated heterocycles. The molecule has 2 bridgehead atoms. The quantitative estimate of drug-likeness (QED) is 0.627. The predicted molar refractivity (Wildman–Crippen MR) is 117 cm³/mol. The molecule has 3 aromatic heterocycles. The first-order valence-electron chi connectivity index (χ1n) is 11.1. The van der Waals surface area contributed by atoms with Gasteiger partial charge in [0, 0.05) is 11.3 Å². The second-order valence-electron chi connectivity index (χ2n) is 8.90. The van der Waals surface area contributed by atoms with Gasteiger partial charge in [-0.3, -0.25) is 0 Å². The van der Waals surface area contributed by atoms with Crippen molar-refractivity contribution < 1.29 is 13.9 Å². The van der Waals surface area contributed by atoms with Crippen LogP contribution < -0.4 is 19.7 Å². The van der Waals surface area contributed by atoms with Crippen molar-refractivity contribution in [3.63, 3.8) is 0 Å². The minimum absolute atomic E-state index is 0.0874. The highest BCUT2D eigenvalue weighted by Crippen LogP contribution is 2.39. The molecule has 9 heteroatoms. The molecule has 1 atom stereocenters. The Morgan fingerprint density at radius 3 is 2.97 bits per heavy atom. The van der Waals surface area contributed by atoms with Crippen LogP contribution in [0.3, 0.4) is 0 Å². The fraction of sp³-hybridized carbons (Fsp3) is 0.435. The average molecular weight is 436 g/mol. The molecule has 2 aliphatic heterocycles. The summed E-state index contributed by atoms with van der Waals surface area (Å²) in [6.45, 7) is 7.76. The molecule has 0 aromatic carbocycles. The van der Waals surface area contributed by atoms with E-state index in [9.17, 15) is 4.39 Å². The molecule has 8 nitrogen and oxygen atoms in total. The van der Waals surface area contributed by atoms with Crippen LogP contribution in [0.4, 0.5) is 10.2 Å². The standard InChI is InChI=1S/C23H25FN6O2/c1-3-17-12-31-19-11-30-20-18(9-26-30)14(2)28-23(5-4-6-23)13-32-22-15(7-16(24)8-25-22)10-29(17)21(19)27-20/h7-9,11,17,28H,2-6,10,12-13H2,1H3/t17-/m1/s1. The van der Waals surface area contributed by atoms with Crippen LogP contribution in [0, 0.1) is 5.82 Å². The smallest absolute Gasteiger partial charge is 0.218 e. The third-order valence-electron chi connectivity index (χ3n) is 6.83. The number of fused-ring (bicyclic) bond motifs is 1. The number of halogens is 1. The fourth-order valence-corrected chi connectivity index (χ4v) is 4.80. The molecule has 0 amide bonds. The first-order chi connectivity index (χ1) is 15.5. The van der Waals surface area contributed by atoms with Crippen molar-refractivity contribution in [2.24, 2.45) is 0 Å². The van der Waals surface area contributed by atoms with Gasteiger partial charge in [0.25, 0.3) is 0 Å². The van der Waals surface area contributed by atoms with Crippen LogP contribution in [0.15, 0.2) is 31.2 Å². The Hall–Kier alpha value is -3.36. The normalized spacial score (nSPS) is 21.5. The number of nitrogens with one attached hydrogen (secondary N) is 1. The number of anilines is 1. The Balaban J connectivity index is 1.54. The number of hydrogen-bond acceptors (Lipinski definition) is 7. The zero-order valence-electron chi connectivity index (χ0n) is 18.0. The molecule has 3 aliphatic rings. The van der Waals surface area contributed by atoms with Crippen LogP contribution in [0.2, 0.25) is 0 Å². The van der Waals surface area contributed by atoms with Crippen molar-refractivity contribution >= 4 is 17.2 Å². The Morgan fingerprint density at radius 1 is 1.31 bits per heavy atom. The molecule has 1 aliphatic carbocycles. The largest absolute Gasteiger partial charge is 0.486 e. The highest BCUT2D eigenvalue weighted by Gasteiger charge is 2.39. The number of nitrogens with zero attached hydrogens (tertiary/aromatic N) is 5. The van der Waals surface area contributed by atoms with Crippen molar-refractivity contribution in [2.75, 3.05) is 18.1 Å². The molecule has 1 fully saturated rings. The van der Waals surface area contributed by atoms with Crippen LogP contribution in [0.5, 0.6) is 11.6 Å². The van der Waals surface area contributed by atoms with Gasteiger partial charge in [0.2, 0.25) is 5.88 Å². The molecule has 6 rings (SSSR count). The number of hydrogen-bond donors (Lipinski definition) is 1. The van der Waals surface area contributed by atoms with E-state index in [0.717, 1.165) is 36.9 Å². The van der Waals surface area contributed by atoms with Gasteiger partial charge in [0.1, 0.15) is 19.0 Å². The summed E-state index contributed by atoms with van der Waals surface area (Å²) in [5.41, 5.74) is 2.77. The summed E-state index contributed by atoms with van der Waals surface area (Å²) in [6, 6.07) is 1.59. The summed E-state index contributed by atoms with van der Waals surface area (Å²) < 4.78 is 28.2. The minimum Gasteiger partial charge on any atom is -0.486 e. The second-order valence-corrected chi connectivity index (χ2v) is 8.90. The Kier molecular flexibility index (Phi) is 4.28. The molecular formula is C23H25FN6O2. The van der Waals surface area contributed by atoms with E-state index in [1.807, 2.05) is 6.20 Å². The molecule has 3 aromatic rings. The lowest BCUT2D eigenvalue weighted by atomic mass is 9.77. The lowest BCUT2D eigenvalue weighted by Crippen LogP contribution is -2.54. The summed E-state index contributed by atoms with van der Waals surface area (Å²) in [5.74, 6) is 1.42. The van der Waals surface area contributed by atoms with Crippen LogP contribution in [-0.4, -0.2) is 44.4 Å². The van der Waals surface area contributed by atoms with Crippen LogP contribution in [0.25, 0.3) is 11.3 Å². The van der Waals surface area contributed by atoms with E-state index in [-0.39, 0.29) is 17.4 Å². The summed E-state index contributed by atoms with van der Waals surface area (Å²) in [4.78, 5) is 11.4. The number of pyridine rings is 1. The Labute approximate surface area is 185 Å². The SMILES string of the molecule is C=C1NC2(CCC2)COc2ncc(F)cc2CN2c3nc4c1cnn4cc3OC[C@H]2CC. The maximum absolute atomic E-state index is 14.2. The van der Waals surface area contributed by atoms with Gasteiger partial charge < -0.3 is 19.7 Å². The first-order valence-corrected chi connectivity index (χ1v) is 11.1. The van der Waals surface area contributed by atoms with Crippen molar-refractivity contribution in [2.45, 2.75) is 50.7 Å². The van der Waals surface area contributed by atoms with Gasteiger partial charge in [-0.2, -0.15) is 5.10 Å². The molecule has 32 heavy (non-hydrogen) atoms. The maximum Gasteiger partial charge on any atom is 0.218 e. The summed E-state index contributed by atoms with van der Waals surface area (Å²) in [5, 5.41) is 8.06. The number of rotatable bonds is 1. The van der Waals surface area contributed by atoms with Gasteiger partial charge in [-0.1, -0.05) is 13.5 Å². The zero-order chi connectivity index (χ0) is 21.9. The van der Waals surface area contributed by atoms with E-state index in [4.69, 9.17) is 14.5 Å². The third kappa shape index (κ3) is 2.98. The molecule has 5 heterocycles.